The minimum atomic E-state index is -4.58. The molecule has 0 saturated carbocycles. The van der Waals surface area contributed by atoms with E-state index >= 15 is 4.39 Å². The minimum Gasteiger partial charge on any atom is -0.483 e. The Labute approximate surface area is 228 Å². The number of amides is 1. The maximum atomic E-state index is 15.2. The summed E-state index contributed by atoms with van der Waals surface area (Å²) in [6.07, 6.45) is -2.70. The van der Waals surface area contributed by atoms with Gasteiger partial charge in [-0.1, -0.05) is 11.3 Å². The van der Waals surface area contributed by atoms with Gasteiger partial charge in [-0.3, -0.25) is 19.0 Å². The van der Waals surface area contributed by atoms with Crippen molar-refractivity contribution < 1.29 is 49.2 Å². The summed E-state index contributed by atoms with van der Waals surface area (Å²) in [5.74, 6) is -4.75. The van der Waals surface area contributed by atoms with Crippen LogP contribution in [0.15, 0.2) is 24.4 Å². The van der Waals surface area contributed by atoms with Crippen LogP contribution < -0.4 is 10.5 Å². The van der Waals surface area contributed by atoms with E-state index in [4.69, 9.17) is 15.0 Å². The summed E-state index contributed by atoms with van der Waals surface area (Å²) in [6.45, 7) is 0.0107. The fourth-order valence-corrected chi connectivity index (χ4v) is 4.71. The molecule has 1 fully saturated rings. The van der Waals surface area contributed by atoms with Crippen LogP contribution in [-0.4, -0.2) is 65.4 Å². The van der Waals surface area contributed by atoms with Crippen LogP contribution in [0.2, 0.25) is 0 Å². The summed E-state index contributed by atoms with van der Waals surface area (Å²) in [5.41, 5.74) is 3.59. The lowest BCUT2D eigenvalue weighted by Gasteiger charge is -2.35. The van der Waals surface area contributed by atoms with Crippen molar-refractivity contribution in [3.05, 3.63) is 52.2 Å². The van der Waals surface area contributed by atoms with Crippen LogP contribution in [0.3, 0.4) is 0 Å². The molecule has 0 bridgehead atoms. The minimum absolute atomic E-state index is 0.00297. The predicted octanol–water partition coefficient (Wildman–Crippen LogP) is 3.45. The maximum Gasteiger partial charge on any atom is 0.417 e. The maximum absolute atomic E-state index is 15.2. The number of benzene rings is 1. The quantitative estimate of drug-likeness (QED) is 0.243. The number of aromatic nitrogens is 2. The third-order valence-electron chi connectivity index (χ3n) is 5.85. The second-order valence-electron chi connectivity index (χ2n) is 8.89. The van der Waals surface area contributed by atoms with Crippen molar-refractivity contribution in [2.75, 3.05) is 19.8 Å². The zero-order valence-electron chi connectivity index (χ0n) is 20.9. The van der Waals surface area contributed by atoms with Crippen LogP contribution in [0.5, 0.6) is 5.75 Å². The van der Waals surface area contributed by atoms with Crippen LogP contribution in [0, 0.1) is 17.6 Å². The summed E-state index contributed by atoms with van der Waals surface area (Å²) >= 11 is 0.953. The zero-order chi connectivity index (χ0) is 30.0. The van der Waals surface area contributed by atoms with E-state index < -0.39 is 68.5 Å². The number of primary amides is 1. The second kappa shape index (κ2) is 12.1. The van der Waals surface area contributed by atoms with Gasteiger partial charge in [0.2, 0.25) is 5.91 Å². The Bertz CT molecular complexity index is 1520. The molecule has 2 unspecified atom stereocenters. The molecule has 40 heavy (non-hydrogen) atoms. The third-order valence-corrected chi connectivity index (χ3v) is 6.80. The van der Waals surface area contributed by atoms with E-state index in [0.29, 0.717) is 25.4 Å². The van der Waals surface area contributed by atoms with Crippen molar-refractivity contribution >= 4 is 43.5 Å². The molecular weight excluding hydrogens is 587 g/mol. The number of carbonyl (C=O) groups is 2. The fourth-order valence-electron chi connectivity index (χ4n) is 3.91. The predicted molar refractivity (Wildman–Crippen MR) is 133 cm³/mol. The molecule has 3 heterocycles. The number of fused-ring (bicyclic) bond motifs is 1. The molecule has 10 nitrogen and oxygen atoms in total. The molecule has 3 aromatic rings. The Morgan fingerprint density at radius 3 is 2.52 bits per heavy atom. The molecule has 1 saturated heterocycles. The number of pyridine rings is 1. The Morgan fingerprint density at radius 1 is 1.27 bits per heavy atom. The molecule has 1 aliphatic rings. The monoisotopic (exact) mass is 610 g/mol. The van der Waals surface area contributed by atoms with Crippen molar-refractivity contribution in [1.82, 2.24) is 14.9 Å². The Balaban J connectivity index is 0.000000810. The first-order valence-electron chi connectivity index (χ1n) is 11.4. The van der Waals surface area contributed by atoms with Crippen molar-refractivity contribution in [2.45, 2.75) is 31.7 Å². The number of carbonyl (C=O) groups excluding carboxylic acids is 2. The summed E-state index contributed by atoms with van der Waals surface area (Å²) in [7, 11) is -2.05. The molecule has 0 aliphatic carbocycles. The van der Waals surface area contributed by atoms with E-state index in [9.17, 15) is 35.6 Å². The number of nitrogens with two attached hydrogens (primary N) is 1. The van der Waals surface area contributed by atoms with Crippen LogP contribution in [0.25, 0.3) is 10.3 Å². The zero-order valence-corrected chi connectivity index (χ0v) is 22.5. The molecule has 4 rings (SSSR count). The fraction of sp³-hybridized carbons (Fsp3) is 0.391. The van der Waals surface area contributed by atoms with Gasteiger partial charge in [0.05, 0.1) is 23.4 Å². The summed E-state index contributed by atoms with van der Waals surface area (Å²) < 4.78 is 99.6. The topological polar surface area (TPSA) is 153 Å². The van der Waals surface area contributed by atoms with Gasteiger partial charge in [0.15, 0.2) is 17.3 Å². The highest BCUT2D eigenvalue weighted by Gasteiger charge is 2.37. The van der Waals surface area contributed by atoms with E-state index in [2.05, 4.69) is 9.97 Å². The van der Waals surface area contributed by atoms with E-state index in [1.54, 1.807) is 11.9 Å². The van der Waals surface area contributed by atoms with Gasteiger partial charge >= 0.3 is 6.18 Å². The van der Waals surface area contributed by atoms with Gasteiger partial charge in [-0.2, -0.15) is 21.6 Å². The molecule has 1 amide bonds. The lowest BCUT2D eigenvalue weighted by atomic mass is 9.86. The van der Waals surface area contributed by atoms with Crippen LogP contribution in [0.1, 0.15) is 33.8 Å². The Morgan fingerprint density at radius 2 is 1.93 bits per heavy atom. The number of alkyl halides is 3. The first-order valence-corrected chi connectivity index (χ1v) is 14.0. The molecule has 3 N–H and O–H groups in total. The van der Waals surface area contributed by atoms with E-state index in [-0.39, 0.29) is 28.4 Å². The highest BCUT2D eigenvalue weighted by molar-refractivity contribution is 7.85. The first-order chi connectivity index (χ1) is 18.5. The van der Waals surface area contributed by atoms with Crippen LogP contribution in [0.4, 0.5) is 22.0 Å². The molecule has 2 aromatic heterocycles. The van der Waals surface area contributed by atoms with Gasteiger partial charge in [-0.15, -0.1) is 0 Å². The van der Waals surface area contributed by atoms with Crippen molar-refractivity contribution in [3.63, 3.8) is 0 Å². The number of likely N-dealkylation sites (N-methyl/N-ethyl adjacent to an activating group) is 1. The standard InChI is InChI=1S/C22H19F5N4O3S.CH4O3S/c1-31-5-4-10(20(28)33)6-14(31)19(32)17-12(23)2-3-15(18(17)24)34-9-16-30-13-7-11(22(25,26)27)8-29-21(13)35-16;1-5(2,3)4/h2-3,7-8,10,14H,4-6,9H2,1H3,(H2,28,33);1H3,(H,2,3,4). The smallest absolute Gasteiger partial charge is 0.417 e. The Hall–Kier alpha value is -3.28. The first kappa shape index (κ1) is 31.3. The molecule has 1 aromatic carbocycles. The highest BCUT2D eigenvalue weighted by atomic mass is 32.2. The number of ether oxygens (including phenoxy) is 1. The molecule has 17 heteroatoms. The number of rotatable bonds is 6. The number of likely N-dealkylation sites (tertiary alicyclic amines) is 1. The molecule has 0 radical (unpaired) electrons. The van der Waals surface area contributed by atoms with Gasteiger partial charge in [-0.05, 0) is 44.6 Å². The largest absolute Gasteiger partial charge is 0.483 e. The van der Waals surface area contributed by atoms with Gasteiger partial charge in [-0.25, -0.2) is 18.7 Å². The van der Waals surface area contributed by atoms with E-state index in [1.807, 2.05) is 0 Å². The molecule has 218 valence electrons. The van der Waals surface area contributed by atoms with Gasteiger partial charge in [0.25, 0.3) is 10.1 Å². The number of hydrogen-bond donors (Lipinski definition) is 2. The molecular formula is C23H23F5N4O6S2. The number of halogens is 5. The van der Waals surface area contributed by atoms with Crippen LogP contribution >= 0.6 is 11.3 Å². The second-order valence-corrected chi connectivity index (χ2v) is 11.4. The summed E-state index contributed by atoms with van der Waals surface area (Å²) in [6, 6.07) is 1.79. The normalized spacial score (nSPS) is 18.2. The number of hydrogen-bond acceptors (Lipinski definition) is 9. The number of thiazole rings is 1. The molecule has 1 aliphatic heterocycles. The molecule has 2 atom stereocenters. The lowest BCUT2D eigenvalue weighted by Crippen LogP contribution is -2.47. The lowest BCUT2D eigenvalue weighted by molar-refractivity contribution is -0.137. The third kappa shape index (κ3) is 7.89. The Kier molecular flexibility index (Phi) is 9.43. The van der Waals surface area contributed by atoms with Crippen molar-refractivity contribution in [3.8, 4) is 5.75 Å². The van der Waals surface area contributed by atoms with E-state index in [0.717, 1.165) is 29.5 Å². The average molecular weight is 611 g/mol. The van der Waals surface area contributed by atoms with E-state index in [1.165, 1.54) is 0 Å². The van der Waals surface area contributed by atoms with Gasteiger partial charge in [0, 0.05) is 12.1 Å². The van der Waals surface area contributed by atoms with Crippen molar-refractivity contribution in [1.29, 1.82) is 0 Å². The number of nitrogens with zero attached hydrogens (tertiary/aromatic N) is 3. The van der Waals surface area contributed by atoms with Gasteiger partial charge in [0.1, 0.15) is 27.8 Å². The summed E-state index contributed by atoms with van der Waals surface area (Å²) in [5, 5.41) is 0.208. The summed E-state index contributed by atoms with van der Waals surface area (Å²) in [4.78, 5) is 34.2. The number of piperidine rings is 1. The van der Waals surface area contributed by atoms with Crippen LogP contribution in [-0.2, 0) is 27.7 Å². The average Bonchev–Trinajstić information content (AvgIpc) is 3.24. The SMILES string of the molecule is CN1CCC(C(N)=O)CC1C(=O)c1c(F)ccc(OCc2nc3cc(C(F)(F)F)cnc3s2)c1F.CS(=O)(=O)O. The van der Waals surface area contributed by atoms with Crippen molar-refractivity contribution in [2.24, 2.45) is 11.7 Å². The number of ketones is 1. The molecule has 0 spiro atoms. The number of Topliss-reactive ketones (excluding diaryl/α,β-unsaturated/α-hetero) is 1. The highest BCUT2D eigenvalue weighted by Crippen LogP contribution is 2.33. The van der Waals surface area contributed by atoms with Gasteiger partial charge < -0.3 is 10.5 Å².